The first-order valence-corrected chi connectivity index (χ1v) is 9.32. The first kappa shape index (κ1) is 16.6. The topological polar surface area (TPSA) is 17.3 Å². The van der Waals surface area contributed by atoms with Gasteiger partial charge in [-0.15, -0.1) is 0 Å². The lowest BCUT2D eigenvalue weighted by molar-refractivity contribution is 1.02. The summed E-state index contributed by atoms with van der Waals surface area (Å²) >= 11 is 15.9. The fourth-order valence-corrected chi connectivity index (χ4v) is 3.68. The molecule has 0 fully saturated rings. The Labute approximate surface area is 164 Å². The van der Waals surface area contributed by atoms with E-state index in [-0.39, 0.29) is 0 Å². The summed E-state index contributed by atoms with van der Waals surface area (Å²) in [5.74, 6) is 0. The summed E-state index contributed by atoms with van der Waals surface area (Å²) in [6.45, 7) is 0. The maximum absolute atomic E-state index is 6.19. The smallest absolute Gasteiger partial charge is 0.137 e. The van der Waals surface area contributed by atoms with E-state index in [4.69, 9.17) is 28.2 Å². The van der Waals surface area contributed by atoms with Crippen molar-refractivity contribution in [2.75, 3.05) is 0 Å². The van der Waals surface area contributed by atoms with Crippen LogP contribution in [0, 0.1) is 0 Å². The minimum atomic E-state index is 0.699. The quantitative estimate of drug-likeness (QED) is 0.354. The van der Waals surface area contributed by atoms with Gasteiger partial charge in [0.1, 0.15) is 5.65 Å². The molecule has 5 heteroatoms. The van der Waals surface area contributed by atoms with Crippen LogP contribution < -0.4 is 0 Å². The molecule has 4 aromatic rings. The van der Waals surface area contributed by atoms with Gasteiger partial charge in [-0.1, -0.05) is 47.5 Å². The van der Waals surface area contributed by atoms with Crippen molar-refractivity contribution in [2.45, 2.75) is 6.42 Å². The molecule has 2 aromatic carbocycles. The monoisotopic (exact) mass is 430 g/mol. The van der Waals surface area contributed by atoms with E-state index in [0.29, 0.717) is 5.02 Å². The van der Waals surface area contributed by atoms with E-state index in [2.05, 4.69) is 26.4 Å². The number of imidazole rings is 1. The predicted octanol–water partition coefficient (Wildman–Crippen LogP) is 6.66. The highest BCUT2D eigenvalue weighted by Crippen LogP contribution is 2.29. The van der Waals surface area contributed by atoms with E-state index in [0.717, 1.165) is 44.1 Å². The summed E-state index contributed by atoms with van der Waals surface area (Å²) in [5, 5.41) is 1.43. The summed E-state index contributed by atoms with van der Waals surface area (Å²) < 4.78 is 3.11. The lowest BCUT2D eigenvalue weighted by Gasteiger charge is -2.07. The van der Waals surface area contributed by atoms with Crippen molar-refractivity contribution in [3.63, 3.8) is 0 Å². The molecule has 2 nitrogen and oxygen atoms in total. The minimum Gasteiger partial charge on any atom is -0.302 e. The highest BCUT2D eigenvalue weighted by Gasteiger charge is 2.15. The molecule has 0 radical (unpaired) electrons. The van der Waals surface area contributed by atoms with Gasteiger partial charge in [0.25, 0.3) is 0 Å². The summed E-state index contributed by atoms with van der Waals surface area (Å²) in [6, 6.07) is 19.7. The summed E-state index contributed by atoms with van der Waals surface area (Å²) in [7, 11) is 0. The maximum atomic E-state index is 6.19. The molecular formula is C20H13BrCl2N2. The third kappa shape index (κ3) is 3.45. The number of halogens is 3. The van der Waals surface area contributed by atoms with E-state index in [1.807, 2.05) is 60.8 Å². The molecular weight excluding hydrogens is 419 g/mol. The van der Waals surface area contributed by atoms with Crippen molar-refractivity contribution in [3.8, 4) is 11.3 Å². The Bertz CT molecular complexity index is 1070. The van der Waals surface area contributed by atoms with Crippen LogP contribution in [0.15, 0.2) is 71.3 Å². The first-order chi connectivity index (χ1) is 12.1. The second kappa shape index (κ2) is 6.83. The van der Waals surface area contributed by atoms with Crippen LogP contribution in [0.3, 0.4) is 0 Å². The van der Waals surface area contributed by atoms with Gasteiger partial charge in [-0.25, -0.2) is 4.98 Å². The van der Waals surface area contributed by atoms with Gasteiger partial charge >= 0.3 is 0 Å². The van der Waals surface area contributed by atoms with Gasteiger partial charge in [-0.2, -0.15) is 0 Å². The molecule has 0 amide bonds. The lowest BCUT2D eigenvalue weighted by atomic mass is 10.0. The van der Waals surface area contributed by atoms with Crippen LogP contribution in [0.4, 0.5) is 0 Å². The number of pyridine rings is 1. The molecule has 2 aromatic heterocycles. The summed E-state index contributed by atoms with van der Waals surface area (Å²) in [4.78, 5) is 4.83. The summed E-state index contributed by atoms with van der Waals surface area (Å²) in [6.07, 6.45) is 2.76. The van der Waals surface area contributed by atoms with Gasteiger partial charge in [-0.05, 0) is 57.9 Å². The van der Waals surface area contributed by atoms with Crippen molar-refractivity contribution in [1.82, 2.24) is 9.38 Å². The van der Waals surface area contributed by atoms with E-state index in [9.17, 15) is 0 Å². The third-order valence-electron chi connectivity index (χ3n) is 4.04. The average Bonchev–Trinajstić information content (AvgIpc) is 2.93. The second-order valence-electron chi connectivity index (χ2n) is 5.80. The third-order valence-corrected chi connectivity index (χ3v) is 4.98. The van der Waals surface area contributed by atoms with Crippen LogP contribution in [-0.2, 0) is 6.42 Å². The largest absolute Gasteiger partial charge is 0.302 e. The highest BCUT2D eigenvalue weighted by molar-refractivity contribution is 9.10. The Morgan fingerprint density at radius 2 is 1.68 bits per heavy atom. The molecule has 4 rings (SSSR count). The van der Waals surface area contributed by atoms with Crippen molar-refractivity contribution in [2.24, 2.45) is 0 Å². The second-order valence-corrected chi connectivity index (χ2v) is 7.59. The highest BCUT2D eigenvalue weighted by atomic mass is 79.9. The number of hydrogen-bond donors (Lipinski definition) is 0. The Balaban J connectivity index is 1.92. The molecule has 0 atom stereocenters. The molecule has 0 spiro atoms. The Kier molecular flexibility index (Phi) is 4.55. The number of fused-ring (bicyclic) bond motifs is 1. The van der Waals surface area contributed by atoms with Gasteiger partial charge in [0, 0.05) is 32.7 Å². The van der Waals surface area contributed by atoms with Crippen LogP contribution >= 0.6 is 39.1 Å². The molecule has 0 aliphatic carbocycles. The van der Waals surface area contributed by atoms with E-state index < -0.39 is 0 Å². The minimum absolute atomic E-state index is 0.699. The number of hydrogen-bond acceptors (Lipinski definition) is 1. The van der Waals surface area contributed by atoms with Gasteiger partial charge in [0.05, 0.1) is 11.4 Å². The van der Waals surface area contributed by atoms with E-state index in [1.54, 1.807) is 0 Å². The number of nitrogens with zero attached hydrogens (tertiary/aromatic N) is 2. The fraction of sp³-hybridized carbons (Fsp3) is 0.0500. The summed E-state index contributed by atoms with van der Waals surface area (Å²) in [5.41, 5.74) is 5.07. The average molecular weight is 432 g/mol. The maximum Gasteiger partial charge on any atom is 0.137 e. The standard InChI is InChI=1S/C20H13BrCl2N2/c21-15-7-8-19-24-20(14-4-2-6-17(23)11-14)18(25(19)12-15)10-13-3-1-5-16(22)9-13/h1-9,11-12H,10H2. The SMILES string of the molecule is Clc1cccc(Cc2c(-c3cccc(Cl)c3)nc3ccc(Br)cn23)c1. The van der Waals surface area contributed by atoms with Crippen molar-refractivity contribution >= 4 is 44.8 Å². The van der Waals surface area contributed by atoms with Crippen LogP contribution in [-0.4, -0.2) is 9.38 Å². The molecule has 0 saturated carbocycles. The normalized spacial score (nSPS) is 11.2. The van der Waals surface area contributed by atoms with Crippen molar-refractivity contribution < 1.29 is 0 Å². The molecule has 0 bridgehead atoms. The molecule has 25 heavy (non-hydrogen) atoms. The molecule has 0 saturated heterocycles. The van der Waals surface area contributed by atoms with Crippen LogP contribution in [0.1, 0.15) is 11.3 Å². The number of benzene rings is 2. The molecule has 0 aliphatic heterocycles. The molecule has 0 unspecified atom stereocenters. The predicted molar refractivity (Wildman–Crippen MR) is 108 cm³/mol. The van der Waals surface area contributed by atoms with Crippen LogP contribution in [0.5, 0.6) is 0 Å². The zero-order chi connectivity index (χ0) is 17.4. The Morgan fingerprint density at radius 3 is 2.44 bits per heavy atom. The van der Waals surface area contributed by atoms with Crippen molar-refractivity contribution in [1.29, 1.82) is 0 Å². The molecule has 0 aliphatic rings. The fourth-order valence-electron chi connectivity index (χ4n) is 2.94. The Hall–Kier alpha value is -1.81. The zero-order valence-electron chi connectivity index (χ0n) is 13.1. The van der Waals surface area contributed by atoms with E-state index in [1.165, 1.54) is 0 Å². The zero-order valence-corrected chi connectivity index (χ0v) is 16.2. The Morgan fingerprint density at radius 1 is 0.920 bits per heavy atom. The molecule has 124 valence electrons. The van der Waals surface area contributed by atoms with Crippen LogP contribution in [0.25, 0.3) is 16.9 Å². The van der Waals surface area contributed by atoms with Gasteiger partial charge in [-0.3, -0.25) is 0 Å². The van der Waals surface area contributed by atoms with Crippen molar-refractivity contribution in [3.05, 3.63) is 92.6 Å². The number of aromatic nitrogens is 2. The lowest BCUT2D eigenvalue weighted by Crippen LogP contribution is -1.97. The van der Waals surface area contributed by atoms with Crippen LogP contribution in [0.2, 0.25) is 10.0 Å². The first-order valence-electron chi connectivity index (χ1n) is 7.77. The van der Waals surface area contributed by atoms with Gasteiger partial charge in [0.15, 0.2) is 0 Å². The molecule has 2 heterocycles. The van der Waals surface area contributed by atoms with Gasteiger partial charge in [0.2, 0.25) is 0 Å². The van der Waals surface area contributed by atoms with Gasteiger partial charge < -0.3 is 4.40 Å². The molecule has 0 N–H and O–H groups in total. The van der Waals surface area contributed by atoms with E-state index >= 15 is 0 Å². The number of rotatable bonds is 3.